The van der Waals surface area contributed by atoms with Crippen molar-refractivity contribution < 1.29 is 28.2 Å². The number of carbonyl (C=O) groups is 1. The van der Waals surface area contributed by atoms with Crippen molar-refractivity contribution in [3.05, 3.63) is 29.8 Å². The van der Waals surface area contributed by atoms with Crippen LogP contribution in [0.4, 0.5) is 18.9 Å². The lowest BCUT2D eigenvalue weighted by molar-refractivity contribution is -0.137. The van der Waals surface area contributed by atoms with Crippen LogP contribution in [0.15, 0.2) is 24.3 Å². The van der Waals surface area contributed by atoms with Gasteiger partial charge in [-0.3, -0.25) is 9.69 Å². The Kier molecular flexibility index (Phi) is 5.28. The molecule has 1 amide bonds. The number of amides is 1. The second-order valence-corrected chi connectivity index (χ2v) is 5.67. The van der Waals surface area contributed by atoms with Gasteiger partial charge in [0.25, 0.3) is 0 Å². The molecule has 3 N–H and O–H groups in total. The van der Waals surface area contributed by atoms with E-state index in [-0.39, 0.29) is 24.9 Å². The number of benzene rings is 1. The minimum atomic E-state index is -4.48. The molecule has 0 aromatic heterocycles. The molecule has 0 aliphatic carbocycles. The zero-order chi connectivity index (χ0) is 17.2. The molecule has 3 atom stereocenters. The van der Waals surface area contributed by atoms with Crippen LogP contribution in [0.25, 0.3) is 0 Å². The molecule has 1 saturated heterocycles. The quantitative estimate of drug-likeness (QED) is 0.781. The maximum atomic E-state index is 12.7. The fourth-order valence-corrected chi connectivity index (χ4v) is 2.74. The lowest BCUT2D eigenvalue weighted by atomic mass is 10.1. The molecule has 0 radical (unpaired) electrons. The first kappa shape index (κ1) is 17.7. The average Bonchev–Trinajstić information content (AvgIpc) is 2.87. The SMILES string of the molecule is CC(C(=O)Nc1cccc(C(F)(F)F)c1)N1CC(O)CC1CO. The average molecular weight is 332 g/mol. The summed E-state index contributed by atoms with van der Waals surface area (Å²) in [6.07, 6.45) is -4.75. The van der Waals surface area contributed by atoms with Gasteiger partial charge in [0, 0.05) is 18.3 Å². The molecular weight excluding hydrogens is 313 g/mol. The number of nitrogens with one attached hydrogen (secondary N) is 1. The van der Waals surface area contributed by atoms with Crippen LogP contribution in [0.3, 0.4) is 0 Å². The lowest BCUT2D eigenvalue weighted by Gasteiger charge is -2.28. The molecule has 1 heterocycles. The van der Waals surface area contributed by atoms with Crippen LogP contribution in [0.2, 0.25) is 0 Å². The van der Waals surface area contributed by atoms with E-state index in [4.69, 9.17) is 0 Å². The van der Waals surface area contributed by atoms with Crippen molar-refractivity contribution in [1.29, 1.82) is 0 Å². The molecule has 23 heavy (non-hydrogen) atoms. The summed E-state index contributed by atoms with van der Waals surface area (Å²) in [5.41, 5.74) is -0.787. The van der Waals surface area contributed by atoms with Crippen molar-refractivity contribution in [2.75, 3.05) is 18.5 Å². The number of hydrogen-bond donors (Lipinski definition) is 3. The Morgan fingerprint density at radius 1 is 1.48 bits per heavy atom. The number of nitrogens with zero attached hydrogens (tertiary/aromatic N) is 1. The largest absolute Gasteiger partial charge is 0.416 e. The van der Waals surface area contributed by atoms with Gasteiger partial charge in [0.2, 0.25) is 5.91 Å². The van der Waals surface area contributed by atoms with Crippen molar-refractivity contribution >= 4 is 11.6 Å². The first-order valence-electron chi connectivity index (χ1n) is 7.25. The van der Waals surface area contributed by atoms with Crippen LogP contribution in [0, 0.1) is 0 Å². The minimum absolute atomic E-state index is 0.0527. The molecule has 3 unspecified atom stereocenters. The van der Waals surface area contributed by atoms with Crippen molar-refractivity contribution in [3.63, 3.8) is 0 Å². The fraction of sp³-hybridized carbons (Fsp3) is 0.533. The molecule has 8 heteroatoms. The monoisotopic (exact) mass is 332 g/mol. The molecule has 1 aromatic carbocycles. The Morgan fingerprint density at radius 3 is 2.78 bits per heavy atom. The van der Waals surface area contributed by atoms with E-state index in [0.29, 0.717) is 6.42 Å². The number of β-amino-alcohol motifs (C(OH)–C–C–N with tert-alkyl or cyclic N) is 1. The summed E-state index contributed by atoms with van der Waals surface area (Å²) in [6, 6.07) is 3.37. The minimum Gasteiger partial charge on any atom is -0.395 e. The Morgan fingerprint density at radius 2 is 2.17 bits per heavy atom. The fourth-order valence-electron chi connectivity index (χ4n) is 2.74. The number of rotatable bonds is 4. The third-order valence-electron chi connectivity index (χ3n) is 3.98. The Balaban J connectivity index is 2.07. The maximum absolute atomic E-state index is 12.7. The highest BCUT2D eigenvalue weighted by Crippen LogP contribution is 2.30. The van der Waals surface area contributed by atoms with Gasteiger partial charge in [-0.25, -0.2) is 0 Å². The van der Waals surface area contributed by atoms with Gasteiger partial charge in [-0.05, 0) is 31.5 Å². The molecule has 1 aromatic rings. The summed E-state index contributed by atoms with van der Waals surface area (Å²) in [5.74, 6) is -0.489. The van der Waals surface area contributed by atoms with E-state index >= 15 is 0 Å². The second kappa shape index (κ2) is 6.86. The summed E-state index contributed by atoms with van der Waals surface area (Å²) in [5, 5.41) is 21.4. The van der Waals surface area contributed by atoms with Gasteiger partial charge < -0.3 is 15.5 Å². The smallest absolute Gasteiger partial charge is 0.395 e. The molecule has 0 spiro atoms. The van der Waals surface area contributed by atoms with Crippen LogP contribution < -0.4 is 5.32 Å². The van der Waals surface area contributed by atoms with Crippen LogP contribution in [0.1, 0.15) is 18.9 Å². The predicted octanol–water partition coefficient (Wildman–Crippen LogP) is 1.46. The number of carbonyl (C=O) groups excluding carboxylic acids is 1. The molecule has 0 bridgehead atoms. The summed E-state index contributed by atoms with van der Waals surface area (Å²) < 4.78 is 38.0. The summed E-state index contributed by atoms with van der Waals surface area (Å²) in [7, 11) is 0. The molecular formula is C15H19F3N2O3. The zero-order valence-corrected chi connectivity index (χ0v) is 12.5. The van der Waals surface area contributed by atoms with Gasteiger partial charge in [-0.15, -0.1) is 0 Å². The molecule has 1 fully saturated rings. The standard InChI is InChI=1S/C15H19F3N2O3/c1-9(20-7-13(22)6-12(20)8-21)14(23)19-11-4-2-3-10(5-11)15(16,17)18/h2-5,9,12-13,21-22H,6-8H2,1H3,(H,19,23). The number of likely N-dealkylation sites (tertiary alicyclic amines) is 1. The number of aliphatic hydroxyl groups is 2. The van der Waals surface area contributed by atoms with Crippen LogP contribution in [0.5, 0.6) is 0 Å². The van der Waals surface area contributed by atoms with E-state index in [9.17, 15) is 28.2 Å². The topological polar surface area (TPSA) is 72.8 Å². The number of aliphatic hydroxyl groups excluding tert-OH is 2. The van der Waals surface area contributed by atoms with Crippen molar-refractivity contribution in [2.45, 2.75) is 37.7 Å². The first-order valence-corrected chi connectivity index (χ1v) is 7.25. The highest BCUT2D eigenvalue weighted by Gasteiger charge is 2.36. The molecule has 1 aliphatic rings. The molecule has 128 valence electrons. The molecule has 2 rings (SSSR count). The van der Waals surface area contributed by atoms with Gasteiger partial charge >= 0.3 is 6.18 Å². The highest BCUT2D eigenvalue weighted by molar-refractivity contribution is 5.94. The van der Waals surface area contributed by atoms with Gasteiger partial charge in [0.05, 0.1) is 24.3 Å². The molecule has 5 nitrogen and oxygen atoms in total. The number of anilines is 1. The molecule has 0 saturated carbocycles. The second-order valence-electron chi connectivity index (χ2n) is 5.67. The van der Waals surface area contributed by atoms with Crippen molar-refractivity contribution in [2.24, 2.45) is 0 Å². The zero-order valence-electron chi connectivity index (χ0n) is 12.5. The van der Waals surface area contributed by atoms with E-state index in [0.717, 1.165) is 12.1 Å². The Labute approximate surface area is 131 Å². The third kappa shape index (κ3) is 4.21. The number of hydrogen-bond acceptors (Lipinski definition) is 4. The predicted molar refractivity (Wildman–Crippen MR) is 77.7 cm³/mol. The van der Waals surface area contributed by atoms with E-state index < -0.39 is 29.8 Å². The van der Waals surface area contributed by atoms with Gasteiger partial charge in [0.15, 0.2) is 0 Å². The van der Waals surface area contributed by atoms with Gasteiger partial charge in [-0.1, -0.05) is 6.07 Å². The van der Waals surface area contributed by atoms with E-state index in [1.807, 2.05) is 0 Å². The number of alkyl halides is 3. The lowest BCUT2D eigenvalue weighted by Crippen LogP contribution is -2.46. The first-order chi connectivity index (χ1) is 10.7. The summed E-state index contributed by atoms with van der Waals surface area (Å²) in [6.45, 7) is 1.63. The summed E-state index contributed by atoms with van der Waals surface area (Å²) in [4.78, 5) is 13.9. The van der Waals surface area contributed by atoms with Crippen LogP contribution in [-0.2, 0) is 11.0 Å². The van der Waals surface area contributed by atoms with Crippen LogP contribution >= 0.6 is 0 Å². The molecule has 1 aliphatic heterocycles. The van der Waals surface area contributed by atoms with Gasteiger partial charge in [-0.2, -0.15) is 13.2 Å². The summed E-state index contributed by atoms with van der Waals surface area (Å²) >= 11 is 0. The van der Waals surface area contributed by atoms with Crippen molar-refractivity contribution in [1.82, 2.24) is 4.90 Å². The highest BCUT2D eigenvalue weighted by atomic mass is 19.4. The van der Waals surface area contributed by atoms with E-state index in [1.54, 1.807) is 11.8 Å². The third-order valence-corrected chi connectivity index (χ3v) is 3.98. The van der Waals surface area contributed by atoms with Crippen molar-refractivity contribution in [3.8, 4) is 0 Å². The number of halogens is 3. The van der Waals surface area contributed by atoms with E-state index in [2.05, 4.69) is 5.32 Å². The van der Waals surface area contributed by atoms with Gasteiger partial charge in [0.1, 0.15) is 0 Å². The van der Waals surface area contributed by atoms with E-state index in [1.165, 1.54) is 12.1 Å². The Bertz CT molecular complexity index is 565. The Hall–Kier alpha value is -1.64. The van der Waals surface area contributed by atoms with Crippen LogP contribution in [-0.4, -0.2) is 52.4 Å². The maximum Gasteiger partial charge on any atom is 0.416 e. The normalized spacial score (nSPS) is 23.7.